The van der Waals surface area contributed by atoms with Crippen molar-refractivity contribution in [3.05, 3.63) is 77.1 Å². The van der Waals surface area contributed by atoms with Gasteiger partial charge in [-0.15, -0.1) is 0 Å². The molecule has 0 bridgehead atoms. The molecule has 0 radical (unpaired) electrons. The van der Waals surface area contributed by atoms with E-state index in [9.17, 15) is 14.4 Å². The molecule has 1 fully saturated rings. The van der Waals surface area contributed by atoms with Gasteiger partial charge in [0.05, 0.1) is 11.4 Å². The van der Waals surface area contributed by atoms with Gasteiger partial charge in [-0.3, -0.25) is 24.5 Å². The van der Waals surface area contributed by atoms with Crippen molar-refractivity contribution in [1.29, 1.82) is 0 Å². The van der Waals surface area contributed by atoms with Gasteiger partial charge < -0.3 is 4.90 Å². The van der Waals surface area contributed by atoms with E-state index in [0.29, 0.717) is 23.5 Å². The van der Waals surface area contributed by atoms with Crippen molar-refractivity contribution >= 4 is 29.7 Å². The lowest BCUT2D eigenvalue weighted by Crippen LogP contribution is -2.57. The average Bonchev–Trinajstić information content (AvgIpc) is 2.80. The summed E-state index contributed by atoms with van der Waals surface area (Å²) in [5.74, 6) is -0.680. The largest absolute Gasteiger partial charge is 0.335 e. The molecule has 2 atom stereocenters. The number of nitrogens with one attached hydrogen (secondary N) is 1. The highest BCUT2D eigenvalue weighted by molar-refractivity contribution is 6.06. The van der Waals surface area contributed by atoms with E-state index in [4.69, 9.17) is 5.21 Å². The van der Waals surface area contributed by atoms with Crippen LogP contribution in [0.2, 0.25) is 0 Å². The molecule has 1 saturated heterocycles. The van der Waals surface area contributed by atoms with Gasteiger partial charge in [-0.05, 0) is 55.8 Å². The Morgan fingerprint density at radius 2 is 1.65 bits per heavy atom. The van der Waals surface area contributed by atoms with Gasteiger partial charge in [-0.1, -0.05) is 24.3 Å². The van der Waals surface area contributed by atoms with E-state index in [-0.39, 0.29) is 23.8 Å². The molecule has 1 aliphatic heterocycles. The highest BCUT2D eigenvalue weighted by Gasteiger charge is 2.30. The zero-order valence-corrected chi connectivity index (χ0v) is 19.6. The third-order valence-electron chi connectivity index (χ3n) is 5.69. The van der Waals surface area contributed by atoms with Crippen molar-refractivity contribution in [2.45, 2.75) is 39.4 Å². The monoisotopic (exact) mass is 462 g/mol. The van der Waals surface area contributed by atoms with E-state index in [2.05, 4.69) is 23.7 Å². The van der Waals surface area contributed by atoms with Crippen molar-refractivity contribution in [3.8, 4) is 0 Å². The molecule has 8 heteroatoms. The maximum absolute atomic E-state index is 12.8. The zero-order chi connectivity index (χ0) is 24.7. The molecule has 0 aliphatic carbocycles. The summed E-state index contributed by atoms with van der Waals surface area (Å²) in [5.41, 5.74) is 4.25. The minimum atomic E-state index is -0.651. The second-order valence-electron chi connectivity index (χ2n) is 8.51. The number of carbonyl (C=O) groups is 3. The molecular formula is C26H30N4O4. The molecule has 1 aromatic carbocycles. The number of carbonyl (C=O) groups excluding carboxylic acids is 3. The second kappa shape index (κ2) is 11.5. The van der Waals surface area contributed by atoms with E-state index in [1.807, 2.05) is 23.1 Å². The van der Waals surface area contributed by atoms with E-state index in [1.54, 1.807) is 37.3 Å². The molecule has 1 aliphatic rings. The SMILES string of the molecule is CC(=O)N1[C@H](C)CN(Cc2cccc(C(=O)/C=C/c3cccc(/C=C/C(=O)NO)n3)c2)C[C@@H]1C. The summed E-state index contributed by atoms with van der Waals surface area (Å²) in [6, 6.07) is 13.1. The number of piperazine rings is 1. The summed E-state index contributed by atoms with van der Waals surface area (Å²) in [4.78, 5) is 44.4. The van der Waals surface area contributed by atoms with Crippen molar-refractivity contribution in [3.63, 3.8) is 0 Å². The Balaban J connectivity index is 1.65. The molecule has 2 amide bonds. The number of ketones is 1. The van der Waals surface area contributed by atoms with E-state index in [1.165, 1.54) is 17.6 Å². The molecule has 0 spiro atoms. The van der Waals surface area contributed by atoms with Gasteiger partial charge in [-0.25, -0.2) is 10.5 Å². The molecule has 2 N–H and O–H groups in total. The van der Waals surface area contributed by atoms with Crippen LogP contribution in [0.4, 0.5) is 0 Å². The molecule has 34 heavy (non-hydrogen) atoms. The van der Waals surface area contributed by atoms with Crippen LogP contribution in [0.3, 0.4) is 0 Å². The quantitative estimate of drug-likeness (QED) is 0.284. The normalized spacial score (nSPS) is 19.0. The first-order valence-electron chi connectivity index (χ1n) is 11.2. The van der Waals surface area contributed by atoms with E-state index < -0.39 is 5.91 Å². The fraction of sp³-hybridized carbons (Fsp3) is 0.308. The lowest BCUT2D eigenvalue weighted by molar-refractivity contribution is -0.136. The fourth-order valence-electron chi connectivity index (χ4n) is 4.37. The molecule has 0 unspecified atom stereocenters. The molecule has 0 saturated carbocycles. The minimum Gasteiger partial charge on any atom is -0.335 e. The van der Waals surface area contributed by atoms with Crippen LogP contribution in [-0.2, 0) is 16.1 Å². The Bertz CT molecular complexity index is 1100. The minimum absolute atomic E-state index is 0.103. The first-order chi connectivity index (χ1) is 16.3. The smallest absolute Gasteiger partial charge is 0.267 e. The number of benzene rings is 1. The number of amides is 2. The second-order valence-corrected chi connectivity index (χ2v) is 8.51. The van der Waals surface area contributed by atoms with Gasteiger partial charge in [0, 0.05) is 50.3 Å². The number of pyridine rings is 1. The zero-order valence-electron chi connectivity index (χ0n) is 19.6. The summed E-state index contributed by atoms with van der Waals surface area (Å²) in [6.45, 7) is 8.03. The van der Waals surface area contributed by atoms with E-state index >= 15 is 0 Å². The number of hydroxylamine groups is 1. The van der Waals surface area contributed by atoms with Crippen LogP contribution >= 0.6 is 0 Å². The highest BCUT2D eigenvalue weighted by Crippen LogP contribution is 2.19. The van der Waals surface area contributed by atoms with Crippen LogP contribution in [0, 0.1) is 0 Å². The Kier molecular flexibility index (Phi) is 8.45. The number of rotatable bonds is 7. The number of aromatic nitrogens is 1. The summed E-state index contributed by atoms with van der Waals surface area (Å²) in [7, 11) is 0. The van der Waals surface area contributed by atoms with Crippen LogP contribution in [0.5, 0.6) is 0 Å². The Morgan fingerprint density at radius 3 is 2.26 bits per heavy atom. The number of hydrogen-bond donors (Lipinski definition) is 2. The fourth-order valence-corrected chi connectivity index (χ4v) is 4.37. The van der Waals surface area contributed by atoms with Crippen LogP contribution in [-0.4, -0.2) is 62.8 Å². The summed E-state index contributed by atoms with van der Waals surface area (Å²) in [5, 5.41) is 8.55. The average molecular weight is 463 g/mol. The molecule has 2 heterocycles. The van der Waals surface area contributed by atoms with Crippen molar-refractivity contribution in [2.24, 2.45) is 0 Å². The predicted octanol–water partition coefficient (Wildman–Crippen LogP) is 2.94. The highest BCUT2D eigenvalue weighted by atomic mass is 16.5. The standard InChI is InChI=1S/C26H30N4O4/c1-18-15-29(16-19(2)30(18)20(3)31)17-21-6-4-7-22(14-21)25(32)12-10-23-8-5-9-24(27-23)11-13-26(33)28-34/h4-14,18-19,34H,15-17H2,1-3H3,(H,28,33)/b12-10+,13-11+/t18-,19+. The van der Waals surface area contributed by atoms with Crippen molar-refractivity contribution in [1.82, 2.24) is 20.3 Å². The van der Waals surface area contributed by atoms with E-state index in [0.717, 1.165) is 24.7 Å². The van der Waals surface area contributed by atoms with Gasteiger partial charge >= 0.3 is 0 Å². The summed E-state index contributed by atoms with van der Waals surface area (Å²) < 4.78 is 0. The van der Waals surface area contributed by atoms with Crippen molar-refractivity contribution in [2.75, 3.05) is 13.1 Å². The maximum atomic E-state index is 12.8. The van der Waals surface area contributed by atoms with Crippen LogP contribution < -0.4 is 5.48 Å². The number of allylic oxidation sites excluding steroid dienone is 1. The molecular weight excluding hydrogens is 432 g/mol. The first-order valence-corrected chi connectivity index (χ1v) is 11.2. The molecule has 2 aromatic rings. The Morgan fingerprint density at radius 1 is 1.03 bits per heavy atom. The first kappa shape index (κ1) is 25.0. The molecule has 8 nitrogen and oxygen atoms in total. The van der Waals surface area contributed by atoms with Gasteiger partial charge in [0.1, 0.15) is 0 Å². The van der Waals surface area contributed by atoms with Crippen molar-refractivity contribution < 1.29 is 19.6 Å². The maximum Gasteiger partial charge on any atom is 0.267 e. The number of nitrogens with zero attached hydrogens (tertiary/aromatic N) is 3. The third-order valence-corrected chi connectivity index (χ3v) is 5.69. The van der Waals surface area contributed by atoms with Gasteiger partial charge in [0.2, 0.25) is 5.91 Å². The number of hydrogen-bond acceptors (Lipinski definition) is 6. The van der Waals surface area contributed by atoms with Crippen LogP contribution in [0.15, 0.2) is 54.6 Å². The predicted molar refractivity (Wildman–Crippen MR) is 130 cm³/mol. The molecule has 178 valence electrons. The summed E-state index contributed by atoms with van der Waals surface area (Å²) in [6.07, 6.45) is 5.73. The van der Waals surface area contributed by atoms with Gasteiger partial charge in [0.15, 0.2) is 5.78 Å². The van der Waals surface area contributed by atoms with Crippen LogP contribution in [0.25, 0.3) is 12.2 Å². The lowest BCUT2D eigenvalue weighted by atomic mass is 10.0. The topological polar surface area (TPSA) is 103 Å². The Hall–Kier alpha value is -3.62. The summed E-state index contributed by atoms with van der Waals surface area (Å²) >= 11 is 0. The Labute approximate surface area is 199 Å². The molecule has 3 rings (SSSR count). The van der Waals surface area contributed by atoms with Crippen LogP contribution in [0.1, 0.15) is 48.1 Å². The van der Waals surface area contributed by atoms with Gasteiger partial charge in [0.25, 0.3) is 5.91 Å². The lowest BCUT2D eigenvalue weighted by Gasteiger charge is -2.44. The van der Waals surface area contributed by atoms with Gasteiger partial charge in [-0.2, -0.15) is 0 Å². The molecule has 1 aromatic heterocycles. The third kappa shape index (κ3) is 6.69.